The van der Waals surface area contributed by atoms with Crippen molar-refractivity contribution in [1.29, 1.82) is 0 Å². The van der Waals surface area contributed by atoms with Crippen molar-refractivity contribution in [3.8, 4) is 17.3 Å². The molecule has 0 aliphatic heterocycles. The van der Waals surface area contributed by atoms with Crippen LogP contribution in [0, 0.1) is 6.92 Å². The summed E-state index contributed by atoms with van der Waals surface area (Å²) in [5.41, 5.74) is 2.14. The lowest BCUT2D eigenvalue weighted by molar-refractivity contribution is 0.0599. The normalized spacial score (nSPS) is 10.2. The maximum absolute atomic E-state index is 11.9. The second kappa shape index (κ2) is 6.00. The van der Waals surface area contributed by atoms with Crippen LogP contribution in [0.25, 0.3) is 11.3 Å². The zero-order chi connectivity index (χ0) is 14.7. The van der Waals surface area contributed by atoms with Gasteiger partial charge in [-0.15, -0.1) is 0 Å². The fourth-order valence-electron chi connectivity index (χ4n) is 1.80. The Hall–Kier alpha value is -1.95. The molecule has 0 amide bonds. The van der Waals surface area contributed by atoms with Crippen LogP contribution in [0.5, 0.6) is 6.01 Å². The SMILES string of the molecule is COC(=O)c1c(C)nc(OC)nc1-c1ccc(Br)cc1. The highest BCUT2D eigenvalue weighted by molar-refractivity contribution is 9.10. The molecule has 1 aromatic heterocycles. The van der Waals surface area contributed by atoms with E-state index in [2.05, 4.69) is 25.9 Å². The minimum Gasteiger partial charge on any atom is -0.467 e. The largest absolute Gasteiger partial charge is 0.467 e. The van der Waals surface area contributed by atoms with Crippen molar-refractivity contribution < 1.29 is 14.3 Å². The summed E-state index contributed by atoms with van der Waals surface area (Å²) in [6, 6.07) is 7.68. The van der Waals surface area contributed by atoms with Crippen molar-refractivity contribution >= 4 is 21.9 Å². The molecular formula is C14H13BrN2O3. The summed E-state index contributed by atoms with van der Waals surface area (Å²) < 4.78 is 10.8. The van der Waals surface area contributed by atoms with E-state index in [1.807, 2.05) is 24.3 Å². The smallest absolute Gasteiger partial charge is 0.341 e. The average molecular weight is 337 g/mol. The third kappa shape index (κ3) is 2.80. The first-order chi connectivity index (χ1) is 9.56. The first-order valence-corrected chi connectivity index (χ1v) is 6.63. The quantitative estimate of drug-likeness (QED) is 0.806. The second-order valence-electron chi connectivity index (χ2n) is 4.02. The summed E-state index contributed by atoms with van der Waals surface area (Å²) in [5, 5.41) is 0. The van der Waals surface area contributed by atoms with Gasteiger partial charge in [-0.25, -0.2) is 4.79 Å². The lowest BCUT2D eigenvalue weighted by Gasteiger charge is -2.11. The number of esters is 1. The van der Waals surface area contributed by atoms with Crippen LogP contribution in [-0.2, 0) is 4.74 Å². The summed E-state index contributed by atoms with van der Waals surface area (Å²) in [7, 11) is 2.81. The van der Waals surface area contributed by atoms with Crippen LogP contribution in [-0.4, -0.2) is 30.2 Å². The van der Waals surface area contributed by atoms with Crippen LogP contribution >= 0.6 is 15.9 Å². The van der Waals surface area contributed by atoms with Crippen molar-refractivity contribution in [2.45, 2.75) is 6.92 Å². The average Bonchev–Trinajstić information content (AvgIpc) is 2.46. The molecule has 104 valence electrons. The van der Waals surface area contributed by atoms with E-state index in [0.717, 1.165) is 10.0 Å². The van der Waals surface area contributed by atoms with Gasteiger partial charge in [0.2, 0.25) is 0 Å². The predicted octanol–water partition coefficient (Wildman–Crippen LogP) is 3.01. The highest BCUT2D eigenvalue weighted by Gasteiger charge is 2.20. The Morgan fingerprint density at radius 2 is 1.80 bits per heavy atom. The number of halogens is 1. The number of benzene rings is 1. The molecule has 0 saturated heterocycles. The lowest BCUT2D eigenvalue weighted by atomic mass is 10.0. The molecule has 2 rings (SSSR count). The lowest BCUT2D eigenvalue weighted by Crippen LogP contribution is -2.10. The first-order valence-electron chi connectivity index (χ1n) is 5.83. The Morgan fingerprint density at radius 1 is 1.15 bits per heavy atom. The van der Waals surface area contributed by atoms with Gasteiger partial charge in [0.1, 0.15) is 5.56 Å². The van der Waals surface area contributed by atoms with E-state index < -0.39 is 5.97 Å². The van der Waals surface area contributed by atoms with Crippen LogP contribution in [0.2, 0.25) is 0 Å². The van der Waals surface area contributed by atoms with E-state index in [4.69, 9.17) is 9.47 Å². The Morgan fingerprint density at radius 3 is 2.35 bits per heavy atom. The zero-order valence-corrected chi connectivity index (χ0v) is 12.9. The molecule has 5 nitrogen and oxygen atoms in total. The zero-order valence-electron chi connectivity index (χ0n) is 11.3. The van der Waals surface area contributed by atoms with E-state index in [9.17, 15) is 4.79 Å². The monoisotopic (exact) mass is 336 g/mol. The second-order valence-corrected chi connectivity index (χ2v) is 4.93. The number of aromatic nitrogens is 2. The van der Waals surface area contributed by atoms with Crippen molar-refractivity contribution in [1.82, 2.24) is 9.97 Å². The van der Waals surface area contributed by atoms with Crippen molar-refractivity contribution in [3.63, 3.8) is 0 Å². The summed E-state index contributed by atoms with van der Waals surface area (Å²) >= 11 is 3.37. The van der Waals surface area contributed by atoms with Gasteiger partial charge >= 0.3 is 12.0 Å². The molecular weight excluding hydrogens is 324 g/mol. The minimum atomic E-state index is -0.469. The molecule has 0 radical (unpaired) electrons. The van der Waals surface area contributed by atoms with Gasteiger partial charge in [-0.3, -0.25) is 0 Å². The number of methoxy groups -OCH3 is 2. The van der Waals surface area contributed by atoms with Gasteiger partial charge in [0, 0.05) is 10.0 Å². The number of carbonyl (C=O) groups is 1. The van der Waals surface area contributed by atoms with E-state index in [0.29, 0.717) is 17.0 Å². The molecule has 0 bridgehead atoms. The molecule has 0 unspecified atom stereocenters. The van der Waals surface area contributed by atoms with Crippen LogP contribution in [0.1, 0.15) is 16.1 Å². The first kappa shape index (κ1) is 14.5. The van der Waals surface area contributed by atoms with Gasteiger partial charge in [-0.2, -0.15) is 9.97 Å². The highest BCUT2D eigenvalue weighted by atomic mass is 79.9. The van der Waals surface area contributed by atoms with E-state index in [1.54, 1.807) is 6.92 Å². The fraction of sp³-hybridized carbons (Fsp3) is 0.214. The van der Waals surface area contributed by atoms with Gasteiger partial charge in [0.25, 0.3) is 0 Å². The Kier molecular flexibility index (Phi) is 4.34. The number of hydrogen-bond acceptors (Lipinski definition) is 5. The summed E-state index contributed by atoms with van der Waals surface area (Å²) in [5.74, 6) is -0.469. The number of nitrogens with zero attached hydrogens (tertiary/aromatic N) is 2. The Bertz CT molecular complexity index is 642. The number of hydrogen-bond donors (Lipinski definition) is 0. The van der Waals surface area contributed by atoms with Gasteiger partial charge < -0.3 is 9.47 Å². The van der Waals surface area contributed by atoms with Crippen LogP contribution in [0.15, 0.2) is 28.7 Å². The molecule has 1 heterocycles. The molecule has 0 aliphatic rings. The predicted molar refractivity (Wildman–Crippen MR) is 77.8 cm³/mol. The standard InChI is InChI=1S/C14H13BrN2O3/c1-8-11(13(18)19-2)12(17-14(16-8)20-3)9-4-6-10(15)7-5-9/h4-7H,1-3H3. The van der Waals surface area contributed by atoms with Crippen LogP contribution in [0.4, 0.5) is 0 Å². The van der Waals surface area contributed by atoms with Gasteiger partial charge in [0.15, 0.2) is 0 Å². The molecule has 0 spiro atoms. The van der Waals surface area contributed by atoms with Gasteiger partial charge in [-0.05, 0) is 19.1 Å². The topological polar surface area (TPSA) is 61.3 Å². The van der Waals surface area contributed by atoms with Crippen LogP contribution in [0.3, 0.4) is 0 Å². The Labute approximate surface area is 125 Å². The minimum absolute atomic E-state index is 0.216. The highest BCUT2D eigenvalue weighted by Crippen LogP contribution is 2.27. The number of rotatable bonds is 3. The number of carbonyl (C=O) groups excluding carboxylic acids is 1. The molecule has 0 saturated carbocycles. The van der Waals surface area contributed by atoms with Gasteiger partial charge in [-0.1, -0.05) is 28.1 Å². The molecule has 0 aliphatic carbocycles. The summed E-state index contributed by atoms with van der Waals surface area (Å²) in [6.07, 6.45) is 0. The van der Waals surface area contributed by atoms with E-state index >= 15 is 0 Å². The summed E-state index contributed by atoms with van der Waals surface area (Å²) in [6.45, 7) is 1.72. The molecule has 20 heavy (non-hydrogen) atoms. The Balaban J connectivity index is 2.67. The van der Waals surface area contributed by atoms with Crippen molar-refractivity contribution in [2.75, 3.05) is 14.2 Å². The summed E-state index contributed by atoms with van der Waals surface area (Å²) in [4.78, 5) is 20.3. The third-order valence-corrected chi connectivity index (χ3v) is 3.29. The van der Waals surface area contributed by atoms with Crippen LogP contribution < -0.4 is 4.74 Å². The molecule has 0 fully saturated rings. The third-order valence-electron chi connectivity index (χ3n) is 2.76. The van der Waals surface area contributed by atoms with E-state index in [-0.39, 0.29) is 6.01 Å². The maximum Gasteiger partial charge on any atom is 0.341 e. The van der Waals surface area contributed by atoms with Crippen molar-refractivity contribution in [3.05, 3.63) is 40.0 Å². The van der Waals surface area contributed by atoms with E-state index in [1.165, 1.54) is 14.2 Å². The molecule has 0 atom stereocenters. The molecule has 0 N–H and O–H groups in total. The number of aryl methyl sites for hydroxylation is 1. The molecule has 1 aromatic carbocycles. The number of ether oxygens (including phenoxy) is 2. The molecule has 2 aromatic rings. The molecule has 6 heteroatoms. The maximum atomic E-state index is 11.9. The fourth-order valence-corrected chi connectivity index (χ4v) is 2.07. The van der Waals surface area contributed by atoms with Crippen molar-refractivity contribution in [2.24, 2.45) is 0 Å². The van der Waals surface area contributed by atoms with Gasteiger partial charge in [0.05, 0.1) is 25.6 Å².